The van der Waals surface area contributed by atoms with E-state index in [-0.39, 0.29) is 6.61 Å². The van der Waals surface area contributed by atoms with Crippen LogP contribution in [0, 0.1) is 12.0 Å². The smallest absolute Gasteiger partial charge is 0.248 e. The minimum absolute atomic E-state index is 0.283. The van der Waals surface area contributed by atoms with Gasteiger partial charge in [-0.15, -0.1) is 22.0 Å². The molecule has 0 aliphatic heterocycles. The molecule has 0 atom stereocenters. The molecule has 0 aliphatic rings. The number of rotatable bonds is 5. The van der Waals surface area contributed by atoms with Crippen molar-refractivity contribution < 1.29 is 13.5 Å². The number of alkyl halides is 1. The predicted molar refractivity (Wildman–Crippen MR) is 74.7 cm³/mol. The van der Waals surface area contributed by atoms with Gasteiger partial charge in [0.2, 0.25) is 12.3 Å². The van der Waals surface area contributed by atoms with Crippen LogP contribution in [-0.2, 0) is 11.3 Å². The van der Waals surface area contributed by atoms with E-state index in [1.54, 1.807) is 11.8 Å². The first-order chi connectivity index (χ1) is 9.85. The zero-order valence-corrected chi connectivity index (χ0v) is 11.7. The van der Waals surface area contributed by atoms with E-state index in [1.165, 1.54) is 6.39 Å². The van der Waals surface area contributed by atoms with Gasteiger partial charge >= 0.3 is 0 Å². The third-order valence-corrected chi connectivity index (χ3v) is 3.34. The summed E-state index contributed by atoms with van der Waals surface area (Å²) in [5, 5.41) is 7.63. The van der Waals surface area contributed by atoms with E-state index in [1.807, 2.05) is 18.2 Å². The van der Waals surface area contributed by atoms with Gasteiger partial charge in [-0.2, -0.15) is 0 Å². The van der Waals surface area contributed by atoms with Crippen molar-refractivity contribution >= 4 is 11.8 Å². The first-order valence-electron chi connectivity index (χ1n) is 6.03. The Balaban J connectivity index is 2.22. The van der Waals surface area contributed by atoms with Gasteiger partial charge in [0, 0.05) is 4.90 Å². The van der Waals surface area contributed by atoms with Gasteiger partial charge in [0.15, 0.2) is 6.67 Å². The summed E-state index contributed by atoms with van der Waals surface area (Å²) >= 11 is 1.69. The maximum atomic E-state index is 11.8. The van der Waals surface area contributed by atoms with Crippen LogP contribution >= 0.6 is 11.8 Å². The molecule has 2 aromatic rings. The number of nitrogens with zero attached hydrogens (tertiary/aromatic N) is 2. The van der Waals surface area contributed by atoms with Crippen LogP contribution in [0.3, 0.4) is 0 Å². The SMILES string of the molecule is CCSc1ccc(COC#CCF)cc1-c1nnco1. The topological polar surface area (TPSA) is 48.2 Å². The molecule has 4 nitrogen and oxygen atoms in total. The molecule has 20 heavy (non-hydrogen) atoms. The molecule has 2 rings (SSSR count). The largest absolute Gasteiger partial charge is 0.442 e. The molecule has 1 aromatic carbocycles. The lowest BCUT2D eigenvalue weighted by Crippen LogP contribution is -1.91. The van der Waals surface area contributed by atoms with Gasteiger partial charge in [0.05, 0.1) is 5.56 Å². The van der Waals surface area contributed by atoms with Gasteiger partial charge in [0.1, 0.15) is 12.7 Å². The van der Waals surface area contributed by atoms with Gasteiger partial charge in [-0.1, -0.05) is 13.0 Å². The van der Waals surface area contributed by atoms with Gasteiger partial charge in [-0.05, 0) is 29.4 Å². The van der Waals surface area contributed by atoms with Crippen LogP contribution in [-0.4, -0.2) is 22.6 Å². The minimum Gasteiger partial charge on any atom is -0.442 e. The van der Waals surface area contributed by atoms with Gasteiger partial charge < -0.3 is 9.15 Å². The summed E-state index contributed by atoms with van der Waals surface area (Å²) in [4.78, 5) is 1.07. The van der Waals surface area contributed by atoms with Crippen LogP contribution in [0.15, 0.2) is 33.9 Å². The summed E-state index contributed by atoms with van der Waals surface area (Å²) in [6.07, 6.45) is 3.59. The van der Waals surface area contributed by atoms with Crippen LogP contribution in [0.1, 0.15) is 12.5 Å². The molecular weight excluding hydrogens is 279 g/mol. The van der Waals surface area contributed by atoms with E-state index < -0.39 is 6.67 Å². The first-order valence-corrected chi connectivity index (χ1v) is 7.01. The maximum Gasteiger partial charge on any atom is 0.248 e. The summed E-state index contributed by atoms with van der Waals surface area (Å²) in [5.41, 5.74) is 1.78. The Hall–Kier alpha value is -2.00. The Morgan fingerprint density at radius 2 is 2.35 bits per heavy atom. The highest BCUT2D eigenvalue weighted by Crippen LogP contribution is 2.31. The summed E-state index contributed by atoms with van der Waals surface area (Å²) in [6, 6.07) is 5.84. The van der Waals surface area contributed by atoms with Crippen molar-refractivity contribution in [2.24, 2.45) is 0 Å². The molecule has 0 bridgehead atoms. The number of ether oxygens (including phenoxy) is 1. The van der Waals surface area contributed by atoms with Crippen LogP contribution in [0.2, 0.25) is 0 Å². The van der Waals surface area contributed by atoms with E-state index in [0.717, 1.165) is 21.8 Å². The van der Waals surface area contributed by atoms with Gasteiger partial charge in [-0.3, -0.25) is 0 Å². The minimum atomic E-state index is -0.709. The van der Waals surface area contributed by atoms with Crippen molar-refractivity contribution in [3.05, 3.63) is 30.2 Å². The third-order valence-electron chi connectivity index (χ3n) is 2.38. The Morgan fingerprint density at radius 1 is 1.45 bits per heavy atom. The molecule has 6 heteroatoms. The van der Waals surface area contributed by atoms with E-state index in [4.69, 9.17) is 9.15 Å². The van der Waals surface area contributed by atoms with Crippen LogP contribution in [0.4, 0.5) is 4.39 Å². The zero-order chi connectivity index (χ0) is 14.2. The summed E-state index contributed by atoms with van der Waals surface area (Å²) < 4.78 is 22.1. The molecule has 1 aromatic heterocycles. The van der Waals surface area contributed by atoms with E-state index in [2.05, 4.69) is 29.1 Å². The van der Waals surface area contributed by atoms with Crippen LogP contribution < -0.4 is 0 Å². The number of aromatic nitrogens is 2. The van der Waals surface area contributed by atoms with Crippen molar-refractivity contribution in [1.82, 2.24) is 10.2 Å². The average Bonchev–Trinajstić information content (AvgIpc) is 2.99. The molecule has 0 spiro atoms. The molecule has 0 unspecified atom stereocenters. The maximum absolute atomic E-state index is 11.8. The first kappa shape index (κ1) is 14.4. The van der Waals surface area contributed by atoms with Gasteiger partial charge in [0.25, 0.3) is 0 Å². The van der Waals surface area contributed by atoms with E-state index in [0.29, 0.717) is 5.89 Å². The number of benzene rings is 1. The number of hydrogen-bond acceptors (Lipinski definition) is 5. The number of hydrogen-bond donors (Lipinski definition) is 0. The Kier molecular flexibility index (Phi) is 5.44. The second kappa shape index (κ2) is 7.56. The van der Waals surface area contributed by atoms with Crippen molar-refractivity contribution in [3.8, 4) is 23.5 Å². The number of thioether (sulfide) groups is 1. The van der Waals surface area contributed by atoms with Crippen molar-refractivity contribution in [3.63, 3.8) is 0 Å². The fourth-order valence-corrected chi connectivity index (χ4v) is 2.38. The lowest BCUT2D eigenvalue weighted by atomic mass is 10.1. The summed E-state index contributed by atoms with van der Waals surface area (Å²) in [6.45, 7) is 1.65. The standard InChI is InChI=1S/C14H13FN2O2S/c1-2-20-13-5-4-11(9-18-7-3-6-15)8-12(13)14-17-16-10-19-14/h4-5,8,10H,2,6,9H2,1H3. The fourth-order valence-electron chi connectivity index (χ4n) is 1.60. The summed E-state index contributed by atoms with van der Waals surface area (Å²) in [7, 11) is 0. The highest BCUT2D eigenvalue weighted by atomic mass is 32.2. The Morgan fingerprint density at radius 3 is 3.05 bits per heavy atom. The molecule has 0 saturated carbocycles. The second-order valence-electron chi connectivity index (χ2n) is 3.71. The van der Waals surface area contributed by atoms with Crippen molar-refractivity contribution in [1.29, 1.82) is 0 Å². The van der Waals surface area contributed by atoms with E-state index in [9.17, 15) is 4.39 Å². The molecule has 104 valence electrons. The Bertz CT molecular complexity index is 605. The zero-order valence-electron chi connectivity index (χ0n) is 10.9. The number of halogens is 1. The normalized spacial score (nSPS) is 9.90. The molecule has 0 N–H and O–H groups in total. The highest BCUT2D eigenvalue weighted by molar-refractivity contribution is 7.99. The van der Waals surface area contributed by atoms with Crippen molar-refractivity contribution in [2.75, 3.05) is 12.4 Å². The fraction of sp³-hybridized carbons (Fsp3) is 0.286. The molecule has 0 radical (unpaired) electrons. The average molecular weight is 292 g/mol. The Labute approximate surface area is 120 Å². The molecule has 1 heterocycles. The van der Waals surface area contributed by atoms with Crippen LogP contribution in [0.5, 0.6) is 0 Å². The quantitative estimate of drug-likeness (QED) is 0.625. The summed E-state index contributed by atoms with van der Waals surface area (Å²) in [5.74, 6) is 3.62. The van der Waals surface area contributed by atoms with Gasteiger partial charge in [-0.25, -0.2) is 4.39 Å². The lowest BCUT2D eigenvalue weighted by molar-refractivity contribution is 0.264. The predicted octanol–water partition coefficient (Wildman–Crippen LogP) is 3.30. The lowest BCUT2D eigenvalue weighted by Gasteiger charge is -2.07. The highest BCUT2D eigenvalue weighted by Gasteiger charge is 2.11. The molecule has 0 saturated heterocycles. The third kappa shape index (κ3) is 3.75. The monoisotopic (exact) mass is 292 g/mol. The van der Waals surface area contributed by atoms with Crippen LogP contribution in [0.25, 0.3) is 11.5 Å². The van der Waals surface area contributed by atoms with Crippen molar-refractivity contribution in [2.45, 2.75) is 18.4 Å². The molecular formula is C14H13FN2O2S. The second-order valence-corrected chi connectivity index (χ2v) is 5.01. The molecule has 0 amide bonds. The molecule has 0 fully saturated rings. The molecule has 0 aliphatic carbocycles. The van der Waals surface area contributed by atoms with E-state index >= 15 is 0 Å².